The van der Waals surface area contributed by atoms with Gasteiger partial charge >= 0.3 is 0 Å². The summed E-state index contributed by atoms with van der Waals surface area (Å²) in [4.78, 5) is 11.1. The van der Waals surface area contributed by atoms with Crippen molar-refractivity contribution >= 4 is 16.8 Å². The molecule has 1 heterocycles. The Bertz CT molecular complexity index is 783. The molecule has 0 aliphatic heterocycles. The molecule has 134 valence electrons. The summed E-state index contributed by atoms with van der Waals surface area (Å²) in [6.45, 7) is 3.65. The lowest BCUT2D eigenvalue weighted by molar-refractivity contribution is -0.124. The molecule has 0 radical (unpaired) electrons. The molecule has 2 aromatic rings. The Hall–Kier alpha value is -2.67. The third kappa shape index (κ3) is 5.42. The Morgan fingerprint density at radius 2 is 2.32 bits per heavy atom. The van der Waals surface area contributed by atoms with Crippen molar-refractivity contribution in [3.8, 4) is 5.75 Å². The molecule has 6 nitrogen and oxygen atoms in total. The molecule has 1 atom stereocenters. The van der Waals surface area contributed by atoms with Crippen LogP contribution in [0.2, 0.25) is 0 Å². The van der Waals surface area contributed by atoms with Gasteiger partial charge in [-0.2, -0.15) is 5.10 Å². The summed E-state index contributed by atoms with van der Waals surface area (Å²) in [6, 6.07) is 5.34. The minimum atomic E-state index is -0.540. The van der Waals surface area contributed by atoms with Gasteiger partial charge in [-0.05, 0) is 38.1 Å². The van der Waals surface area contributed by atoms with Crippen molar-refractivity contribution in [3.63, 3.8) is 0 Å². The van der Waals surface area contributed by atoms with Gasteiger partial charge < -0.3 is 15.2 Å². The number of hydrogen-bond acceptors (Lipinski definition) is 4. The predicted molar refractivity (Wildman–Crippen MR) is 93.9 cm³/mol. The molecule has 25 heavy (non-hydrogen) atoms. The topological polar surface area (TPSA) is 76.4 Å². The van der Waals surface area contributed by atoms with Gasteiger partial charge in [0.05, 0.1) is 24.3 Å². The Morgan fingerprint density at radius 3 is 3.04 bits per heavy atom. The molecule has 1 aromatic heterocycles. The second-order valence-electron chi connectivity index (χ2n) is 5.56. The number of amides is 1. The molecule has 2 rings (SSSR count). The Kier molecular flexibility index (Phi) is 6.71. The second kappa shape index (κ2) is 8.98. The summed E-state index contributed by atoms with van der Waals surface area (Å²) in [5.41, 5.74) is 0.916. The summed E-state index contributed by atoms with van der Waals surface area (Å²) in [5, 5.41) is 16.5. The van der Waals surface area contributed by atoms with Crippen LogP contribution in [0.3, 0.4) is 0 Å². The fourth-order valence-corrected chi connectivity index (χ4v) is 2.25. The molecule has 7 heteroatoms. The number of nitrogens with one attached hydrogen (secondary N) is 1. The fraction of sp³-hybridized carbons (Fsp3) is 0.333. The molecule has 0 spiro atoms. The lowest BCUT2D eigenvalue weighted by Gasteiger charge is -2.14. The molecule has 2 N–H and O–H groups in total. The van der Waals surface area contributed by atoms with E-state index in [2.05, 4.69) is 10.4 Å². The first kappa shape index (κ1) is 18.7. The van der Waals surface area contributed by atoms with Gasteiger partial charge in [0.1, 0.15) is 24.8 Å². The number of carbonyl (C=O) groups is 1. The normalized spacial score (nSPS) is 13.4. The number of halogens is 1. The monoisotopic (exact) mass is 347 g/mol. The van der Waals surface area contributed by atoms with E-state index in [0.29, 0.717) is 12.3 Å². The van der Waals surface area contributed by atoms with Crippen molar-refractivity contribution in [2.75, 3.05) is 13.2 Å². The van der Waals surface area contributed by atoms with Gasteiger partial charge in [-0.25, -0.2) is 4.39 Å². The minimum absolute atomic E-state index is 0.218. The lowest BCUT2D eigenvalue weighted by Crippen LogP contribution is -2.38. The number of rotatable bonds is 8. The quantitative estimate of drug-likeness (QED) is 0.719. The van der Waals surface area contributed by atoms with Crippen LogP contribution in [0.1, 0.15) is 13.8 Å². The SMILES string of the molecule is C/C=C(F)\C=C/Cn1ncc2cc(OCC(C)NC(=O)CO)ccc21. The molecular formula is C18H22FN3O3. The average molecular weight is 347 g/mol. The van der Waals surface area contributed by atoms with Crippen LogP contribution in [-0.4, -0.2) is 40.0 Å². The Labute approximate surface area is 145 Å². The predicted octanol–water partition coefficient (Wildman–Crippen LogP) is 2.34. The van der Waals surface area contributed by atoms with Gasteiger partial charge in [0, 0.05) is 5.39 Å². The highest BCUT2D eigenvalue weighted by Crippen LogP contribution is 2.21. The highest BCUT2D eigenvalue weighted by molar-refractivity contribution is 5.80. The Balaban J connectivity index is 1.99. The van der Waals surface area contributed by atoms with E-state index in [1.165, 1.54) is 12.2 Å². The van der Waals surface area contributed by atoms with Crippen LogP contribution < -0.4 is 10.1 Å². The van der Waals surface area contributed by atoms with E-state index in [9.17, 15) is 9.18 Å². The van der Waals surface area contributed by atoms with E-state index in [1.54, 1.807) is 30.8 Å². The molecule has 1 amide bonds. The highest BCUT2D eigenvalue weighted by Gasteiger charge is 2.08. The largest absolute Gasteiger partial charge is 0.491 e. The van der Waals surface area contributed by atoms with Crippen LogP contribution in [-0.2, 0) is 11.3 Å². The summed E-state index contributed by atoms with van der Waals surface area (Å²) in [6.07, 6.45) is 6.23. The number of aliphatic hydroxyl groups excluding tert-OH is 1. The van der Waals surface area contributed by atoms with Gasteiger partial charge in [-0.15, -0.1) is 0 Å². The molecule has 0 saturated carbocycles. The van der Waals surface area contributed by atoms with E-state index in [0.717, 1.165) is 10.9 Å². The van der Waals surface area contributed by atoms with Crippen LogP contribution in [0, 0.1) is 0 Å². The number of carbonyl (C=O) groups excluding carboxylic acids is 1. The maximum Gasteiger partial charge on any atom is 0.246 e. The standard InChI is InChI=1S/C18H22FN3O3/c1-3-15(19)5-4-8-22-17-7-6-16(9-14(17)10-20-22)25-12-13(2)21-18(24)11-23/h3-7,9-10,13,23H,8,11-12H2,1-2H3,(H,21,24)/b5-4-,15-3+. The van der Waals surface area contributed by atoms with Gasteiger partial charge in [0.25, 0.3) is 0 Å². The van der Waals surface area contributed by atoms with Crippen molar-refractivity contribution in [1.82, 2.24) is 15.1 Å². The van der Waals surface area contributed by atoms with Gasteiger partial charge in [0.15, 0.2) is 0 Å². The van der Waals surface area contributed by atoms with E-state index in [1.807, 2.05) is 18.2 Å². The molecule has 0 saturated heterocycles. The first-order valence-corrected chi connectivity index (χ1v) is 8.00. The van der Waals surface area contributed by atoms with Crippen molar-refractivity contribution in [1.29, 1.82) is 0 Å². The molecule has 0 aliphatic carbocycles. The smallest absolute Gasteiger partial charge is 0.246 e. The first-order valence-electron chi connectivity index (χ1n) is 8.00. The zero-order valence-electron chi connectivity index (χ0n) is 14.3. The number of hydrogen-bond donors (Lipinski definition) is 2. The molecule has 0 bridgehead atoms. The van der Waals surface area contributed by atoms with Gasteiger partial charge in [-0.1, -0.05) is 12.2 Å². The van der Waals surface area contributed by atoms with Crippen molar-refractivity contribution in [2.24, 2.45) is 0 Å². The van der Waals surface area contributed by atoms with Crippen LogP contribution in [0.25, 0.3) is 10.9 Å². The molecule has 0 fully saturated rings. The van der Waals surface area contributed by atoms with E-state index in [4.69, 9.17) is 9.84 Å². The van der Waals surface area contributed by atoms with Gasteiger partial charge in [0.2, 0.25) is 5.91 Å². The second-order valence-corrected chi connectivity index (χ2v) is 5.56. The third-order valence-electron chi connectivity index (χ3n) is 3.50. The van der Waals surface area contributed by atoms with Crippen molar-refractivity contribution in [2.45, 2.75) is 26.4 Å². The fourth-order valence-electron chi connectivity index (χ4n) is 2.25. The molecular weight excluding hydrogens is 325 g/mol. The van der Waals surface area contributed by atoms with Crippen molar-refractivity contribution < 1.29 is 19.0 Å². The summed E-state index contributed by atoms with van der Waals surface area (Å²) >= 11 is 0. The maximum atomic E-state index is 13.1. The Morgan fingerprint density at radius 1 is 1.52 bits per heavy atom. The molecule has 1 aromatic carbocycles. The van der Waals surface area contributed by atoms with Crippen LogP contribution in [0.5, 0.6) is 5.75 Å². The third-order valence-corrected chi connectivity index (χ3v) is 3.50. The summed E-state index contributed by atoms with van der Waals surface area (Å²) in [5.74, 6) is -0.0579. The molecule has 0 aliphatic rings. The first-order chi connectivity index (χ1) is 12.0. The van der Waals surface area contributed by atoms with E-state index < -0.39 is 12.5 Å². The number of benzene rings is 1. The summed E-state index contributed by atoms with van der Waals surface area (Å²) in [7, 11) is 0. The average Bonchev–Trinajstić information content (AvgIpc) is 3.02. The number of nitrogens with zero attached hydrogens (tertiary/aromatic N) is 2. The molecule has 1 unspecified atom stereocenters. The maximum absolute atomic E-state index is 13.1. The summed E-state index contributed by atoms with van der Waals surface area (Å²) < 4.78 is 20.5. The van der Waals surface area contributed by atoms with Crippen LogP contribution >= 0.6 is 0 Å². The number of aliphatic hydroxyl groups is 1. The van der Waals surface area contributed by atoms with Crippen LogP contribution in [0.4, 0.5) is 4.39 Å². The lowest BCUT2D eigenvalue weighted by atomic mass is 10.2. The van der Waals surface area contributed by atoms with E-state index >= 15 is 0 Å². The zero-order valence-corrected chi connectivity index (χ0v) is 14.3. The van der Waals surface area contributed by atoms with Crippen molar-refractivity contribution in [3.05, 3.63) is 48.5 Å². The number of ether oxygens (including phenoxy) is 1. The number of aromatic nitrogens is 2. The zero-order chi connectivity index (χ0) is 18.2. The number of allylic oxidation sites excluding steroid dienone is 4. The highest BCUT2D eigenvalue weighted by atomic mass is 19.1. The number of fused-ring (bicyclic) bond motifs is 1. The van der Waals surface area contributed by atoms with Crippen LogP contribution in [0.15, 0.2) is 48.5 Å². The van der Waals surface area contributed by atoms with Gasteiger partial charge in [-0.3, -0.25) is 9.48 Å². The van der Waals surface area contributed by atoms with E-state index in [-0.39, 0.29) is 18.5 Å². The minimum Gasteiger partial charge on any atom is -0.491 e.